The van der Waals surface area contributed by atoms with Gasteiger partial charge in [0.05, 0.1) is 0 Å². The van der Waals surface area contributed by atoms with E-state index in [2.05, 4.69) is 20.1 Å². The van der Waals surface area contributed by atoms with Gasteiger partial charge in [0.2, 0.25) is 23.2 Å². The Kier molecular flexibility index (Phi) is 6.32. The van der Waals surface area contributed by atoms with Gasteiger partial charge in [0.1, 0.15) is 0 Å². The normalized spacial score (nSPS) is 14.7. The van der Waals surface area contributed by atoms with Crippen molar-refractivity contribution in [1.29, 1.82) is 0 Å². The lowest BCUT2D eigenvalue weighted by atomic mass is 9.90. The van der Waals surface area contributed by atoms with Crippen LogP contribution in [0.3, 0.4) is 0 Å². The molecule has 1 saturated heterocycles. The van der Waals surface area contributed by atoms with Gasteiger partial charge in [-0.2, -0.15) is 4.98 Å². The molecule has 0 unspecified atom stereocenters. The maximum Gasteiger partial charge on any atom is 0.247 e. The number of nitrogens with zero attached hydrogens (tertiary/aromatic N) is 4. The Balaban J connectivity index is 1.19. The molecule has 1 amide bonds. The topological polar surface area (TPSA) is 105 Å². The fraction of sp³-hybridized carbons (Fsp3) is 0.409. The smallest absolute Gasteiger partial charge is 0.247 e. The second-order valence-electron chi connectivity index (χ2n) is 7.69. The summed E-state index contributed by atoms with van der Waals surface area (Å²) in [6.45, 7) is 1.58. The van der Waals surface area contributed by atoms with Crippen molar-refractivity contribution in [3.63, 3.8) is 0 Å². The molecule has 8 nitrogen and oxygen atoms in total. The lowest BCUT2D eigenvalue weighted by Crippen LogP contribution is -2.38. The zero-order chi connectivity index (χ0) is 20.8. The maximum atomic E-state index is 12.5. The number of hydrogen-bond donors (Lipinski definition) is 1. The molecule has 4 rings (SSSR count). The van der Waals surface area contributed by atoms with E-state index in [1.165, 1.54) is 0 Å². The summed E-state index contributed by atoms with van der Waals surface area (Å²) in [6.07, 6.45) is 9.85. The van der Waals surface area contributed by atoms with E-state index in [9.17, 15) is 9.59 Å². The predicted octanol–water partition coefficient (Wildman–Crippen LogP) is 2.62. The molecule has 8 heteroatoms. The molecule has 1 aliphatic rings. The van der Waals surface area contributed by atoms with Gasteiger partial charge >= 0.3 is 0 Å². The number of aryl methyl sites for hydroxylation is 1. The Bertz CT molecular complexity index is 1000. The molecule has 30 heavy (non-hydrogen) atoms. The Labute approximate surface area is 174 Å². The predicted molar refractivity (Wildman–Crippen MR) is 111 cm³/mol. The number of amides is 1. The van der Waals surface area contributed by atoms with Gasteiger partial charge in [-0.15, -0.1) is 0 Å². The molecule has 0 aliphatic carbocycles. The van der Waals surface area contributed by atoms with Gasteiger partial charge in [-0.25, -0.2) is 0 Å². The van der Waals surface area contributed by atoms with Crippen molar-refractivity contribution in [2.24, 2.45) is 5.92 Å². The lowest BCUT2D eigenvalue weighted by molar-refractivity contribution is -0.132. The molecule has 0 bridgehead atoms. The molecule has 156 valence electrons. The monoisotopic (exact) mass is 407 g/mol. The number of pyridine rings is 2. The van der Waals surface area contributed by atoms with Crippen molar-refractivity contribution in [2.45, 2.75) is 38.5 Å². The highest BCUT2D eigenvalue weighted by atomic mass is 16.5. The van der Waals surface area contributed by atoms with Crippen LogP contribution in [0.2, 0.25) is 0 Å². The minimum Gasteiger partial charge on any atom is -0.343 e. The lowest BCUT2D eigenvalue weighted by Gasteiger charge is -2.32. The van der Waals surface area contributed by atoms with Crippen LogP contribution in [0.5, 0.6) is 0 Å². The summed E-state index contributed by atoms with van der Waals surface area (Å²) < 4.78 is 5.30. The van der Waals surface area contributed by atoms with Crippen LogP contribution in [0, 0.1) is 5.92 Å². The zero-order valence-corrected chi connectivity index (χ0v) is 16.8. The third-order valence-corrected chi connectivity index (χ3v) is 5.53. The van der Waals surface area contributed by atoms with Crippen molar-refractivity contribution in [1.82, 2.24) is 25.0 Å². The first-order valence-corrected chi connectivity index (χ1v) is 10.4. The number of nitrogens with one attached hydrogen (secondary N) is 1. The van der Waals surface area contributed by atoms with Crippen LogP contribution < -0.4 is 5.56 Å². The molecule has 0 saturated carbocycles. The Morgan fingerprint density at radius 1 is 1.17 bits per heavy atom. The molecule has 1 aliphatic heterocycles. The van der Waals surface area contributed by atoms with E-state index < -0.39 is 0 Å². The summed E-state index contributed by atoms with van der Waals surface area (Å²) in [5.74, 6) is 1.83. The standard InChI is InChI=1S/C22H25N5O3/c28-19-5-4-17(15-24-19)14-16-8-12-27(13-9-16)21(29)3-1-2-20-25-22(26-30-20)18-6-10-23-11-7-18/h4-7,10-11,15-16H,1-3,8-9,12-14H2,(H,24,28). The van der Waals surface area contributed by atoms with Gasteiger partial charge in [-0.1, -0.05) is 11.2 Å². The molecule has 0 atom stereocenters. The van der Waals surface area contributed by atoms with Crippen molar-refractivity contribution in [2.75, 3.05) is 13.1 Å². The third-order valence-electron chi connectivity index (χ3n) is 5.53. The molecule has 0 radical (unpaired) electrons. The highest BCUT2D eigenvalue weighted by Crippen LogP contribution is 2.22. The SMILES string of the molecule is O=C(CCCc1nc(-c2ccncc2)no1)N1CCC(Cc2ccc(=O)[nH]c2)CC1. The van der Waals surface area contributed by atoms with Crippen LogP contribution in [-0.2, 0) is 17.6 Å². The minimum absolute atomic E-state index is 0.0757. The quantitative estimate of drug-likeness (QED) is 0.645. The summed E-state index contributed by atoms with van der Waals surface area (Å²) in [5, 5.41) is 3.99. The van der Waals surface area contributed by atoms with E-state index in [0.717, 1.165) is 43.5 Å². The summed E-state index contributed by atoms with van der Waals surface area (Å²) in [6, 6.07) is 7.11. The number of H-pyrrole nitrogens is 1. The molecule has 4 heterocycles. The number of carbonyl (C=O) groups is 1. The number of carbonyl (C=O) groups excluding carboxylic acids is 1. The van der Waals surface area contributed by atoms with Crippen molar-refractivity contribution >= 4 is 5.91 Å². The second-order valence-corrected chi connectivity index (χ2v) is 7.69. The first-order chi connectivity index (χ1) is 14.7. The van der Waals surface area contributed by atoms with Crippen molar-refractivity contribution in [3.05, 3.63) is 64.7 Å². The molecular formula is C22H25N5O3. The van der Waals surface area contributed by atoms with Crippen LogP contribution in [0.15, 0.2) is 52.2 Å². The van der Waals surface area contributed by atoms with Gasteiger partial charge < -0.3 is 14.4 Å². The van der Waals surface area contributed by atoms with Gasteiger partial charge in [0.25, 0.3) is 0 Å². The molecule has 3 aromatic heterocycles. The second kappa shape index (κ2) is 9.47. The zero-order valence-electron chi connectivity index (χ0n) is 16.8. The molecule has 0 spiro atoms. The largest absolute Gasteiger partial charge is 0.343 e. The van der Waals surface area contributed by atoms with Crippen LogP contribution in [0.4, 0.5) is 0 Å². The third kappa shape index (κ3) is 5.20. The summed E-state index contributed by atoms with van der Waals surface area (Å²) >= 11 is 0. The van der Waals surface area contributed by atoms with Gasteiger partial charge in [0, 0.05) is 56.2 Å². The van der Waals surface area contributed by atoms with Crippen molar-refractivity contribution < 1.29 is 9.32 Å². The highest BCUT2D eigenvalue weighted by Gasteiger charge is 2.23. The highest BCUT2D eigenvalue weighted by molar-refractivity contribution is 5.76. The van der Waals surface area contributed by atoms with Crippen LogP contribution in [-0.4, -0.2) is 44.0 Å². The van der Waals surface area contributed by atoms with Gasteiger partial charge in [-0.3, -0.25) is 14.6 Å². The van der Waals surface area contributed by atoms with Crippen LogP contribution >= 0.6 is 0 Å². The summed E-state index contributed by atoms with van der Waals surface area (Å²) in [4.78, 5) is 36.7. The van der Waals surface area contributed by atoms with E-state index in [-0.39, 0.29) is 11.5 Å². The Hall–Kier alpha value is -3.29. The number of hydrogen-bond acceptors (Lipinski definition) is 6. The fourth-order valence-corrected chi connectivity index (χ4v) is 3.81. The summed E-state index contributed by atoms with van der Waals surface area (Å²) in [5.41, 5.74) is 1.93. The van der Waals surface area contributed by atoms with Gasteiger partial charge in [-0.05, 0) is 49.3 Å². The molecule has 1 N–H and O–H groups in total. The van der Waals surface area contributed by atoms with E-state index in [4.69, 9.17) is 4.52 Å². The van der Waals surface area contributed by atoms with E-state index in [1.54, 1.807) is 24.7 Å². The average molecular weight is 407 g/mol. The average Bonchev–Trinajstić information content (AvgIpc) is 3.25. The first-order valence-electron chi connectivity index (χ1n) is 10.4. The molecule has 3 aromatic rings. The molecular weight excluding hydrogens is 382 g/mol. The maximum absolute atomic E-state index is 12.5. The Morgan fingerprint density at radius 3 is 2.70 bits per heavy atom. The number of likely N-dealkylation sites (tertiary alicyclic amines) is 1. The van der Waals surface area contributed by atoms with E-state index >= 15 is 0 Å². The van der Waals surface area contributed by atoms with Crippen LogP contribution in [0.1, 0.15) is 37.1 Å². The van der Waals surface area contributed by atoms with Gasteiger partial charge in [0.15, 0.2) is 0 Å². The van der Waals surface area contributed by atoms with E-state index in [0.29, 0.717) is 36.9 Å². The summed E-state index contributed by atoms with van der Waals surface area (Å²) in [7, 11) is 0. The first kappa shape index (κ1) is 20.0. The van der Waals surface area contributed by atoms with Crippen LogP contribution in [0.25, 0.3) is 11.4 Å². The minimum atomic E-state index is -0.0757. The number of aromatic nitrogens is 4. The molecule has 1 fully saturated rings. The number of piperidine rings is 1. The number of rotatable bonds is 7. The Morgan fingerprint density at radius 2 is 1.97 bits per heavy atom. The fourth-order valence-electron chi connectivity index (χ4n) is 3.81. The van der Waals surface area contributed by atoms with Crippen molar-refractivity contribution in [3.8, 4) is 11.4 Å². The number of aromatic amines is 1. The van der Waals surface area contributed by atoms with E-state index in [1.807, 2.05) is 23.1 Å². The molecule has 0 aromatic carbocycles.